The fraction of sp³-hybridized carbons (Fsp3) is 0.881. The zero-order chi connectivity index (χ0) is 52.9. The zero-order valence-electron chi connectivity index (χ0n) is 49.1. The fourth-order valence-corrected chi connectivity index (χ4v) is 10.1. The highest BCUT2D eigenvalue weighted by Gasteiger charge is 2.18. The first-order chi connectivity index (χ1) is 36.0. The van der Waals surface area contributed by atoms with Crippen molar-refractivity contribution in [2.45, 2.75) is 366 Å². The summed E-state index contributed by atoms with van der Waals surface area (Å²) >= 11 is 0. The van der Waals surface area contributed by atoms with Gasteiger partial charge >= 0.3 is 5.97 Å². The Bertz CT molecular complexity index is 1180. The molecule has 0 heterocycles. The number of carbonyl (C=O) groups excluding carboxylic acids is 2. The molecule has 0 rings (SSSR count). The van der Waals surface area contributed by atoms with Crippen LogP contribution in [0.25, 0.3) is 0 Å². The van der Waals surface area contributed by atoms with E-state index in [1.807, 2.05) is 6.08 Å². The number of aliphatic hydroxyl groups excluding tert-OH is 2. The van der Waals surface area contributed by atoms with Gasteiger partial charge in [-0.25, -0.2) is 0 Å². The first-order valence-corrected chi connectivity index (χ1v) is 32.8. The van der Waals surface area contributed by atoms with Crippen LogP contribution in [0.4, 0.5) is 0 Å². The summed E-state index contributed by atoms with van der Waals surface area (Å²) in [6.07, 6.45) is 79.1. The Morgan fingerprint density at radius 3 is 1.04 bits per heavy atom. The third-order valence-electron chi connectivity index (χ3n) is 15.2. The molecule has 2 unspecified atom stereocenters. The molecule has 3 N–H and O–H groups in total. The average Bonchev–Trinajstić information content (AvgIpc) is 3.39. The molecule has 2 atom stereocenters. The Hall–Kier alpha value is -1.92. The van der Waals surface area contributed by atoms with Gasteiger partial charge in [0.1, 0.15) is 0 Å². The standard InChI is InChI=1S/C67H127NO5/c1-3-5-7-9-11-13-15-17-19-20-26-29-32-35-39-43-47-51-55-59-65(70)64(63-69)68-66(71)60-56-52-48-44-40-36-33-30-27-24-22-21-23-25-28-31-34-38-42-46-50-54-58-62-73-67(72)61-57-53-49-45-41-37-18-16-14-12-10-8-6-4-2/h21,23-24,27,55,59,64-65,69-70H,3-20,22,25-26,28-54,56-58,60-63H2,1-2H3,(H,68,71)/b23-21-,27-24-,59-55+. The summed E-state index contributed by atoms with van der Waals surface area (Å²) in [5, 5.41) is 23.2. The molecule has 0 aromatic heterocycles. The molecule has 0 aliphatic rings. The number of unbranched alkanes of at least 4 members (excludes halogenated alkanes) is 46. The number of carbonyl (C=O) groups is 2. The molecule has 430 valence electrons. The Kier molecular flexibility index (Phi) is 61.0. The number of rotatable bonds is 61. The van der Waals surface area contributed by atoms with Gasteiger partial charge in [0.05, 0.1) is 25.4 Å². The Balaban J connectivity index is 3.47. The van der Waals surface area contributed by atoms with Crippen molar-refractivity contribution < 1.29 is 24.5 Å². The molecule has 0 aliphatic carbocycles. The lowest BCUT2D eigenvalue weighted by Gasteiger charge is -2.20. The Morgan fingerprint density at radius 1 is 0.384 bits per heavy atom. The molecule has 0 saturated heterocycles. The molecule has 1 amide bonds. The maximum Gasteiger partial charge on any atom is 0.305 e. The van der Waals surface area contributed by atoms with E-state index in [1.165, 1.54) is 270 Å². The fourth-order valence-electron chi connectivity index (χ4n) is 10.1. The van der Waals surface area contributed by atoms with E-state index in [1.54, 1.807) is 6.08 Å². The van der Waals surface area contributed by atoms with E-state index in [4.69, 9.17) is 4.74 Å². The quantitative estimate of drug-likeness (QED) is 0.0320. The maximum absolute atomic E-state index is 12.5. The van der Waals surface area contributed by atoms with Crippen molar-refractivity contribution in [1.82, 2.24) is 5.32 Å². The second-order valence-corrected chi connectivity index (χ2v) is 22.5. The van der Waals surface area contributed by atoms with Gasteiger partial charge in [0.15, 0.2) is 0 Å². The van der Waals surface area contributed by atoms with Crippen LogP contribution in [-0.4, -0.2) is 47.4 Å². The maximum atomic E-state index is 12.5. The normalized spacial score (nSPS) is 12.8. The minimum Gasteiger partial charge on any atom is -0.466 e. The molecule has 0 fully saturated rings. The van der Waals surface area contributed by atoms with Crippen molar-refractivity contribution >= 4 is 11.9 Å². The minimum absolute atomic E-state index is 0.00903. The smallest absolute Gasteiger partial charge is 0.305 e. The van der Waals surface area contributed by atoms with E-state index in [0.717, 1.165) is 57.8 Å². The molecule has 0 saturated carbocycles. The molecule has 73 heavy (non-hydrogen) atoms. The van der Waals surface area contributed by atoms with Crippen LogP contribution in [0, 0.1) is 0 Å². The van der Waals surface area contributed by atoms with E-state index < -0.39 is 12.1 Å². The van der Waals surface area contributed by atoms with E-state index in [-0.39, 0.29) is 18.5 Å². The largest absolute Gasteiger partial charge is 0.466 e. The number of aliphatic hydroxyl groups is 2. The number of ether oxygens (including phenoxy) is 1. The summed E-state index contributed by atoms with van der Waals surface area (Å²) < 4.78 is 5.48. The predicted octanol–water partition coefficient (Wildman–Crippen LogP) is 20.8. The number of amides is 1. The summed E-state index contributed by atoms with van der Waals surface area (Å²) in [6.45, 7) is 4.92. The molecule has 0 aromatic carbocycles. The zero-order valence-corrected chi connectivity index (χ0v) is 49.1. The van der Waals surface area contributed by atoms with Crippen molar-refractivity contribution in [1.29, 1.82) is 0 Å². The Labute approximate surface area is 455 Å². The summed E-state index contributed by atoms with van der Waals surface area (Å²) in [7, 11) is 0. The molecular formula is C67H127NO5. The highest BCUT2D eigenvalue weighted by Crippen LogP contribution is 2.17. The van der Waals surface area contributed by atoms with Crippen LogP contribution in [0.5, 0.6) is 0 Å². The molecule has 0 aromatic rings. The van der Waals surface area contributed by atoms with Crippen molar-refractivity contribution in [3.8, 4) is 0 Å². The first-order valence-electron chi connectivity index (χ1n) is 32.8. The molecule has 0 radical (unpaired) electrons. The van der Waals surface area contributed by atoms with Gasteiger partial charge in [-0.2, -0.15) is 0 Å². The number of hydrogen-bond acceptors (Lipinski definition) is 5. The van der Waals surface area contributed by atoms with Gasteiger partial charge in [-0.3, -0.25) is 9.59 Å². The molecule has 0 aliphatic heterocycles. The van der Waals surface area contributed by atoms with Gasteiger partial charge in [-0.15, -0.1) is 0 Å². The van der Waals surface area contributed by atoms with Gasteiger partial charge in [0.25, 0.3) is 0 Å². The molecular weight excluding hydrogens is 899 g/mol. The van der Waals surface area contributed by atoms with E-state index >= 15 is 0 Å². The molecule has 6 nitrogen and oxygen atoms in total. The molecule has 6 heteroatoms. The monoisotopic (exact) mass is 1030 g/mol. The number of hydrogen-bond donors (Lipinski definition) is 3. The van der Waals surface area contributed by atoms with Crippen molar-refractivity contribution in [2.24, 2.45) is 0 Å². The van der Waals surface area contributed by atoms with Crippen molar-refractivity contribution in [3.63, 3.8) is 0 Å². The van der Waals surface area contributed by atoms with Gasteiger partial charge in [-0.1, -0.05) is 314 Å². The lowest BCUT2D eigenvalue weighted by Crippen LogP contribution is -2.45. The van der Waals surface area contributed by atoms with Gasteiger partial charge in [-0.05, 0) is 64.2 Å². The highest BCUT2D eigenvalue weighted by molar-refractivity contribution is 5.76. The first kappa shape index (κ1) is 71.1. The van der Waals surface area contributed by atoms with Crippen LogP contribution < -0.4 is 5.32 Å². The number of nitrogens with one attached hydrogen (secondary N) is 1. The lowest BCUT2D eigenvalue weighted by atomic mass is 10.0. The van der Waals surface area contributed by atoms with E-state index in [9.17, 15) is 19.8 Å². The van der Waals surface area contributed by atoms with Gasteiger partial charge in [0, 0.05) is 12.8 Å². The third-order valence-corrected chi connectivity index (χ3v) is 15.2. The Morgan fingerprint density at radius 2 is 0.685 bits per heavy atom. The van der Waals surface area contributed by atoms with Crippen molar-refractivity contribution in [3.05, 3.63) is 36.5 Å². The van der Waals surface area contributed by atoms with E-state index in [0.29, 0.717) is 19.4 Å². The van der Waals surface area contributed by atoms with Gasteiger partial charge in [0.2, 0.25) is 5.91 Å². The van der Waals surface area contributed by atoms with Crippen molar-refractivity contribution in [2.75, 3.05) is 13.2 Å². The highest BCUT2D eigenvalue weighted by atomic mass is 16.5. The van der Waals surface area contributed by atoms with E-state index in [2.05, 4.69) is 43.5 Å². The summed E-state index contributed by atoms with van der Waals surface area (Å²) in [5.41, 5.74) is 0. The van der Waals surface area contributed by atoms with Gasteiger partial charge < -0.3 is 20.3 Å². The lowest BCUT2D eigenvalue weighted by molar-refractivity contribution is -0.143. The van der Waals surface area contributed by atoms with Crippen LogP contribution in [-0.2, 0) is 14.3 Å². The van der Waals surface area contributed by atoms with Crippen LogP contribution in [0.3, 0.4) is 0 Å². The third kappa shape index (κ3) is 59.2. The van der Waals surface area contributed by atoms with Crippen LogP contribution in [0.1, 0.15) is 354 Å². The number of allylic oxidation sites excluding steroid dienone is 5. The second-order valence-electron chi connectivity index (χ2n) is 22.5. The summed E-state index contributed by atoms with van der Waals surface area (Å²) in [5.74, 6) is -0.0669. The number of esters is 1. The van der Waals surface area contributed by atoms with Crippen LogP contribution in [0.15, 0.2) is 36.5 Å². The predicted molar refractivity (Wildman–Crippen MR) is 319 cm³/mol. The second kappa shape index (κ2) is 62.6. The SMILES string of the molecule is CCCCCCCCCCCCCCCCCCC/C=C/C(O)C(CO)NC(=O)CCCCCCCCC/C=C\C/C=C\CCCCCCCCCCCOC(=O)CCCCCCCCCCCCCCCC. The molecule has 0 spiro atoms. The molecule has 0 bridgehead atoms. The minimum atomic E-state index is -0.852. The van der Waals surface area contributed by atoms with Crippen LogP contribution in [0.2, 0.25) is 0 Å². The topological polar surface area (TPSA) is 95.9 Å². The summed E-state index contributed by atoms with van der Waals surface area (Å²) in [6, 6.07) is -0.636. The average molecular weight is 1030 g/mol. The summed E-state index contributed by atoms with van der Waals surface area (Å²) in [4.78, 5) is 24.5. The van der Waals surface area contributed by atoms with Crippen LogP contribution >= 0.6 is 0 Å².